The van der Waals surface area contributed by atoms with Gasteiger partial charge in [-0.15, -0.1) is 10.2 Å². The molecule has 2 heterocycles. The van der Waals surface area contributed by atoms with Crippen LogP contribution in [0.1, 0.15) is 6.92 Å². The third kappa shape index (κ3) is 4.10. The van der Waals surface area contributed by atoms with Crippen molar-refractivity contribution in [2.75, 3.05) is 5.75 Å². The quantitative estimate of drug-likeness (QED) is 0.501. The minimum absolute atomic E-state index is 0.0342. The van der Waals surface area contributed by atoms with E-state index in [4.69, 9.17) is 10.7 Å². The topological polar surface area (TPSA) is 108 Å². The van der Waals surface area contributed by atoms with Crippen molar-refractivity contribution in [3.8, 4) is 23.1 Å². The van der Waals surface area contributed by atoms with Crippen LogP contribution in [0.25, 0.3) is 17.1 Å². The van der Waals surface area contributed by atoms with Gasteiger partial charge in [0.1, 0.15) is 5.92 Å². The molecule has 0 fully saturated rings. The summed E-state index contributed by atoms with van der Waals surface area (Å²) in [5.41, 5.74) is 1.71. The number of rotatable bonds is 7. The molecule has 0 aliphatic carbocycles. The van der Waals surface area contributed by atoms with Crippen LogP contribution in [0.5, 0.6) is 0 Å². The van der Waals surface area contributed by atoms with Gasteiger partial charge in [-0.3, -0.25) is 14.3 Å². The molecule has 1 atom stereocenters. The van der Waals surface area contributed by atoms with E-state index in [9.17, 15) is 4.79 Å². The molecule has 0 aliphatic heterocycles. The Kier molecular flexibility index (Phi) is 5.74. The first-order chi connectivity index (χ1) is 13.1. The molecule has 2 aromatic heterocycles. The second-order valence-corrected chi connectivity index (χ2v) is 6.66. The molecular weight excluding hydrogens is 360 g/mol. The number of hydrogen-bond acceptors (Lipinski definition) is 7. The Labute approximate surface area is 160 Å². The summed E-state index contributed by atoms with van der Waals surface area (Å²) in [6, 6.07) is 15.2. The molecule has 134 valence electrons. The van der Waals surface area contributed by atoms with E-state index < -0.39 is 5.92 Å². The molecule has 0 bridgehead atoms. The highest BCUT2D eigenvalue weighted by Gasteiger charge is 2.22. The molecule has 0 radical (unpaired) electrons. The summed E-state index contributed by atoms with van der Waals surface area (Å²) >= 11 is 1.20. The molecule has 0 amide bonds. The SMILES string of the molecule is CC(=N)C(C#N)C(=O)CSc1nnc(-c2cccnc2)n1-c1ccccc1. The number of Topliss-reactive ketones (excluding diaryl/α,β-unsaturated/α-hetero) is 1. The van der Waals surface area contributed by atoms with Crippen molar-refractivity contribution >= 4 is 23.3 Å². The number of nitrogens with one attached hydrogen (secondary N) is 1. The van der Waals surface area contributed by atoms with E-state index in [0.29, 0.717) is 11.0 Å². The van der Waals surface area contributed by atoms with E-state index in [0.717, 1.165) is 11.3 Å². The van der Waals surface area contributed by atoms with Gasteiger partial charge in [-0.2, -0.15) is 5.26 Å². The Morgan fingerprint density at radius 2 is 2.04 bits per heavy atom. The summed E-state index contributed by atoms with van der Waals surface area (Å²) in [6.45, 7) is 1.46. The first-order valence-corrected chi connectivity index (χ1v) is 9.11. The van der Waals surface area contributed by atoms with E-state index in [1.54, 1.807) is 12.4 Å². The predicted octanol–water partition coefficient (Wildman–Crippen LogP) is 3.17. The molecule has 1 aromatic carbocycles. The number of benzene rings is 1. The maximum atomic E-state index is 12.3. The lowest BCUT2D eigenvalue weighted by atomic mass is 10.0. The first kappa shape index (κ1) is 18.5. The first-order valence-electron chi connectivity index (χ1n) is 8.13. The van der Waals surface area contributed by atoms with Crippen molar-refractivity contribution in [2.45, 2.75) is 12.1 Å². The molecule has 1 unspecified atom stereocenters. The maximum absolute atomic E-state index is 12.3. The number of pyridine rings is 1. The van der Waals surface area contributed by atoms with Crippen LogP contribution in [0.2, 0.25) is 0 Å². The van der Waals surface area contributed by atoms with Crippen molar-refractivity contribution in [1.29, 1.82) is 10.7 Å². The van der Waals surface area contributed by atoms with Crippen molar-refractivity contribution in [2.24, 2.45) is 5.92 Å². The van der Waals surface area contributed by atoms with Crippen LogP contribution < -0.4 is 0 Å². The molecule has 8 heteroatoms. The molecule has 0 saturated carbocycles. The number of ketones is 1. The fourth-order valence-corrected chi connectivity index (χ4v) is 3.34. The Morgan fingerprint density at radius 1 is 1.26 bits per heavy atom. The van der Waals surface area contributed by atoms with Crippen LogP contribution in [0, 0.1) is 22.7 Å². The zero-order valence-electron chi connectivity index (χ0n) is 14.5. The minimum Gasteiger partial charge on any atom is -0.308 e. The van der Waals surface area contributed by atoms with E-state index in [2.05, 4.69) is 15.2 Å². The highest BCUT2D eigenvalue weighted by molar-refractivity contribution is 7.99. The zero-order chi connectivity index (χ0) is 19.2. The van der Waals surface area contributed by atoms with Crippen LogP contribution in [0.15, 0.2) is 60.0 Å². The highest BCUT2D eigenvalue weighted by Crippen LogP contribution is 2.27. The molecule has 3 rings (SSSR count). The van der Waals surface area contributed by atoms with Gasteiger partial charge in [0, 0.05) is 29.4 Å². The monoisotopic (exact) mass is 376 g/mol. The van der Waals surface area contributed by atoms with Crippen molar-refractivity contribution in [3.05, 3.63) is 54.9 Å². The van der Waals surface area contributed by atoms with E-state index in [-0.39, 0.29) is 17.2 Å². The van der Waals surface area contributed by atoms with Gasteiger partial charge in [0.05, 0.1) is 11.8 Å². The molecule has 1 N–H and O–H groups in total. The molecule has 0 spiro atoms. The summed E-state index contributed by atoms with van der Waals surface area (Å²) in [5.74, 6) is -0.694. The lowest BCUT2D eigenvalue weighted by Gasteiger charge is -2.10. The number of para-hydroxylation sites is 1. The normalized spacial score (nSPS) is 11.6. The Hall–Kier alpha value is -3.31. The second kappa shape index (κ2) is 8.38. The number of nitrogens with zero attached hydrogens (tertiary/aromatic N) is 5. The summed E-state index contributed by atoms with van der Waals surface area (Å²) in [7, 11) is 0. The van der Waals surface area contributed by atoms with Crippen molar-refractivity contribution in [1.82, 2.24) is 19.7 Å². The fraction of sp³-hybridized carbons (Fsp3) is 0.158. The average molecular weight is 376 g/mol. The smallest absolute Gasteiger partial charge is 0.196 e. The van der Waals surface area contributed by atoms with Crippen LogP contribution in [0.3, 0.4) is 0 Å². The number of aromatic nitrogens is 4. The summed E-state index contributed by atoms with van der Waals surface area (Å²) in [4.78, 5) is 16.4. The summed E-state index contributed by atoms with van der Waals surface area (Å²) < 4.78 is 1.85. The van der Waals surface area contributed by atoms with Gasteiger partial charge < -0.3 is 5.41 Å². The second-order valence-electron chi connectivity index (χ2n) is 5.72. The highest BCUT2D eigenvalue weighted by atomic mass is 32.2. The van der Waals surface area contributed by atoms with Gasteiger partial charge in [0.25, 0.3) is 0 Å². The van der Waals surface area contributed by atoms with Crippen LogP contribution >= 0.6 is 11.8 Å². The molecule has 27 heavy (non-hydrogen) atoms. The summed E-state index contributed by atoms with van der Waals surface area (Å²) in [5, 5.41) is 25.7. The zero-order valence-corrected chi connectivity index (χ0v) is 15.3. The lowest BCUT2D eigenvalue weighted by molar-refractivity contribution is -0.117. The van der Waals surface area contributed by atoms with Crippen LogP contribution in [-0.2, 0) is 4.79 Å². The largest absolute Gasteiger partial charge is 0.308 e. The number of hydrogen-bond donors (Lipinski definition) is 1. The molecule has 7 nitrogen and oxygen atoms in total. The fourth-order valence-electron chi connectivity index (χ4n) is 2.48. The average Bonchev–Trinajstić information content (AvgIpc) is 3.12. The van der Waals surface area contributed by atoms with Crippen molar-refractivity contribution in [3.63, 3.8) is 0 Å². The van der Waals surface area contributed by atoms with E-state index >= 15 is 0 Å². The Morgan fingerprint density at radius 3 is 2.67 bits per heavy atom. The van der Waals surface area contributed by atoms with Crippen LogP contribution in [-0.4, -0.2) is 37.0 Å². The standard InChI is InChI=1S/C19H16N6OS/c1-13(21)16(10-20)17(26)12-27-19-24-23-18(14-6-5-9-22-11-14)25(19)15-7-3-2-4-8-15/h2-9,11,16,21H,12H2,1H3. The maximum Gasteiger partial charge on any atom is 0.196 e. The number of thioether (sulfide) groups is 1. The molecule has 0 saturated heterocycles. The van der Waals surface area contributed by atoms with E-state index in [1.807, 2.05) is 53.1 Å². The minimum atomic E-state index is -1.02. The van der Waals surface area contributed by atoms with Gasteiger partial charge in [-0.25, -0.2) is 0 Å². The van der Waals surface area contributed by atoms with Gasteiger partial charge in [-0.1, -0.05) is 30.0 Å². The lowest BCUT2D eigenvalue weighted by Crippen LogP contribution is -2.21. The molecular formula is C19H16N6OS. The van der Waals surface area contributed by atoms with Gasteiger partial charge >= 0.3 is 0 Å². The van der Waals surface area contributed by atoms with E-state index in [1.165, 1.54) is 18.7 Å². The van der Waals surface area contributed by atoms with Gasteiger partial charge in [0.2, 0.25) is 0 Å². The third-order valence-electron chi connectivity index (χ3n) is 3.80. The van der Waals surface area contributed by atoms with Crippen LogP contribution in [0.4, 0.5) is 0 Å². The van der Waals surface area contributed by atoms with Crippen molar-refractivity contribution < 1.29 is 4.79 Å². The number of nitriles is 1. The third-order valence-corrected chi connectivity index (χ3v) is 4.75. The predicted molar refractivity (Wildman–Crippen MR) is 103 cm³/mol. The Bertz CT molecular complexity index is 994. The van der Waals surface area contributed by atoms with Gasteiger partial charge in [0.15, 0.2) is 16.8 Å². The molecule has 0 aliphatic rings. The number of carbonyl (C=O) groups excluding carboxylic acids is 1. The molecule has 3 aromatic rings. The van der Waals surface area contributed by atoms with Gasteiger partial charge in [-0.05, 0) is 31.2 Å². The summed E-state index contributed by atoms with van der Waals surface area (Å²) in [6.07, 6.45) is 3.38. The number of carbonyl (C=O) groups is 1. The Balaban J connectivity index is 1.95.